The minimum absolute atomic E-state index is 0.289. The largest absolute Gasteiger partial charge is 0.461 e. The summed E-state index contributed by atoms with van der Waals surface area (Å²) in [5.74, 6) is 0.693. The number of likely N-dealkylation sites (N-methyl/N-ethyl adjacent to an activating group) is 1. The van der Waals surface area contributed by atoms with Crippen molar-refractivity contribution in [3.63, 3.8) is 0 Å². The van der Waals surface area contributed by atoms with Gasteiger partial charge in [0.15, 0.2) is 0 Å². The second-order valence-electron chi connectivity index (χ2n) is 4.03. The summed E-state index contributed by atoms with van der Waals surface area (Å²) < 4.78 is 5.04. The molecule has 0 aromatic heterocycles. The number of rotatable bonds is 4. The number of aliphatic imine (C=N–C) groups is 1. The van der Waals surface area contributed by atoms with Crippen molar-refractivity contribution < 1.29 is 9.53 Å². The summed E-state index contributed by atoms with van der Waals surface area (Å²) in [6, 6.07) is 7.37. The van der Waals surface area contributed by atoms with Crippen molar-refractivity contribution in [3.8, 4) is 0 Å². The molecule has 0 saturated heterocycles. The Kier molecular flexibility index (Phi) is 4.36. The van der Waals surface area contributed by atoms with Crippen LogP contribution in [0.25, 0.3) is 0 Å². The van der Waals surface area contributed by atoms with Crippen LogP contribution in [-0.2, 0) is 4.74 Å². The van der Waals surface area contributed by atoms with Crippen molar-refractivity contribution >= 4 is 27.7 Å². The monoisotopic (exact) mass is 310 g/mol. The summed E-state index contributed by atoms with van der Waals surface area (Å²) in [6.07, 6.45) is 0. The van der Waals surface area contributed by atoms with Crippen molar-refractivity contribution in [2.75, 3.05) is 32.1 Å². The van der Waals surface area contributed by atoms with Gasteiger partial charge < -0.3 is 9.64 Å². The average Bonchev–Trinajstić information content (AvgIpc) is 2.82. The molecule has 0 fully saturated rings. The summed E-state index contributed by atoms with van der Waals surface area (Å²) in [4.78, 5) is 18.2. The molecule has 0 spiro atoms. The summed E-state index contributed by atoms with van der Waals surface area (Å²) in [5.41, 5.74) is 1.60. The number of alkyl halides is 1. The lowest BCUT2D eigenvalue weighted by molar-refractivity contribution is 0.0531. The summed E-state index contributed by atoms with van der Waals surface area (Å²) >= 11 is 3.21. The Bertz CT molecular complexity index is 457. The molecule has 0 N–H and O–H groups in total. The third-order valence-corrected chi connectivity index (χ3v) is 3.07. The maximum absolute atomic E-state index is 11.6. The molecule has 0 amide bonds. The van der Waals surface area contributed by atoms with Crippen LogP contribution in [-0.4, -0.2) is 48.8 Å². The fourth-order valence-electron chi connectivity index (χ4n) is 1.81. The molecule has 0 radical (unpaired) electrons. The van der Waals surface area contributed by atoms with Crippen LogP contribution >= 0.6 is 15.9 Å². The summed E-state index contributed by atoms with van der Waals surface area (Å²) in [6.45, 7) is 2.17. The zero-order valence-corrected chi connectivity index (χ0v) is 11.8. The molecule has 1 heterocycles. The first-order valence-electron chi connectivity index (χ1n) is 5.81. The van der Waals surface area contributed by atoms with E-state index in [9.17, 15) is 4.79 Å². The van der Waals surface area contributed by atoms with Gasteiger partial charge in [-0.3, -0.25) is 4.99 Å². The second-order valence-corrected chi connectivity index (χ2v) is 4.82. The zero-order valence-electron chi connectivity index (χ0n) is 10.2. The van der Waals surface area contributed by atoms with Gasteiger partial charge in [-0.25, -0.2) is 4.79 Å². The van der Waals surface area contributed by atoms with Crippen LogP contribution in [0.4, 0.5) is 0 Å². The molecule has 0 unspecified atom stereocenters. The van der Waals surface area contributed by atoms with Gasteiger partial charge in [-0.05, 0) is 12.1 Å². The third-order valence-electron chi connectivity index (χ3n) is 2.75. The van der Waals surface area contributed by atoms with Crippen molar-refractivity contribution in [2.45, 2.75) is 0 Å². The van der Waals surface area contributed by atoms with E-state index in [0.29, 0.717) is 17.5 Å². The highest BCUT2D eigenvalue weighted by molar-refractivity contribution is 9.09. The lowest BCUT2D eigenvalue weighted by atomic mass is 10.1. The van der Waals surface area contributed by atoms with Crippen molar-refractivity contribution in [1.29, 1.82) is 0 Å². The van der Waals surface area contributed by atoms with Gasteiger partial charge in [-0.15, -0.1) is 0 Å². The molecule has 0 atom stereocenters. The molecule has 4 nitrogen and oxygen atoms in total. The molecule has 1 aromatic rings. The predicted octanol–water partition coefficient (Wildman–Crippen LogP) is 1.93. The van der Waals surface area contributed by atoms with Crippen LogP contribution in [0.15, 0.2) is 29.3 Å². The first-order chi connectivity index (χ1) is 8.72. The zero-order chi connectivity index (χ0) is 13.0. The van der Waals surface area contributed by atoms with E-state index < -0.39 is 0 Å². The number of benzene rings is 1. The summed E-state index contributed by atoms with van der Waals surface area (Å²) in [5, 5.41) is 0.651. The first-order valence-corrected chi connectivity index (χ1v) is 6.93. The van der Waals surface area contributed by atoms with Gasteiger partial charge in [-0.1, -0.05) is 28.1 Å². The van der Waals surface area contributed by atoms with Crippen LogP contribution in [0.1, 0.15) is 15.9 Å². The molecule has 2 rings (SSSR count). The Hall–Kier alpha value is -1.36. The fraction of sp³-hybridized carbons (Fsp3) is 0.385. The van der Waals surface area contributed by atoms with Gasteiger partial charge in [-0.2, -0.15) is 0 Å². The maximum atomic E-state index is 11.6. The number of carbonyl (C=O) groups is 1. The topological polar surface area (TPSA) is 41.9 Å². The molecule has 0 aliphatic carbocycles. The van der Waals surface area contributed by atoms with Gasteiger partial charge >= 0.3 is 5.97 Å². The molecule has 1 aliphatic rings. The molecule has 18 heavy (non-hydrogen) atoms. The highest BCUT2D eigenvalue weighted by Gasteiger charge is 2.15. The van der Waals surface area contributed by atoms with Crippen LogP contribution in [0.3, 0.4) is 0 Å². The SMILES string of the molecule is CN1CCN=C1c1ccc(C(=O)OCCBr)cc1. The van der Waals surface area contributed by atoms with Gasteiger partial charge in [0.05, 0.1) is 12.1 Å². The van der Waals surface area contributed by atoms with Crippen LogP contribution in [0.5, 0.6) is 0 Å². The number of hydrogen-bond acceptors (Lipinski definition) is 4. The Morgan fingerprint density at radius 1 is 1.44 bits per heavy atom. The minimum atomic E-state index is -0.289. The molecular weight excluding hydrogens is 296 g/mol. The van der Waals surface area contributed by atoms with Crippen LogP contribution in [0.2, 0.25) is 0 Å². The van der Waals surface area contributed by atoms with E-state index in [-0.39, 0.29) is 5.97 Å². The van der Waals surface area contributed by atoms with Crippen LogP contribution < -0.4 is 0 Å². The highest BCUT2D eigenvalue weighted by Crippen LogP contribution is 2.12. The van der Waals surface area contributed by atoms with Gasteiger partial charge in [0.2, 0.25) is 0 Å². The Balaban J connectivity index is 2.08. The number of carbonyl (C=O) groups excluding carboxylic acids is 1. The Morgan fingerprint density at radius 2 is 2.17 bits per heavy atom. The predicted molar refractivity (Wildman–Crippen MR) is 74.6 cm³/mol. The second kappa shape index (κ2) is 6.00. The third kappa shape index (κ3) is 2.90. The van der Waals surface area contributed by atoms with Crippen LogP contribution in [0, 0.1) is 0 Å². The molecule has 1 aliphatic heterocycles. The Labute approximate surface area is 115 Å². The van der Waals surface area contributed by atoms with E-state index >= 15 is 0 Å². The summed E-state index contributed by atoms with van der Waals surface area (Å²) in [7, 11) is 2.02. The molecule has 0 bridgehead atoms. The van der Waals surface area contributed by atoms with Gasteiger partial charge in [0.1, 0.15) is 12.4 Å². The normalized spacial score (nSPS) is 14.6. The molecule has 0 saturated carbocycles. The number of nitrogens with zero attached hydrogens (tertiary/aromatic N) is 2. The lowest BCUT2D eigenvalue weighted by Gasteiger charge is -2.13. The first kappa shape index (κ1) is 13.1. The van der Waals surface area contributed by atoms with Crippen molar-refractivity contribution in [1.82, 2.24) is 4.90 Å². The smallest absolute Gasteiger partial charge is 0.338 e. The minimum Gasteiger partial charge on any atom is -0.461 e. The number of hydrogen-bond donors (Lipinski definition) is 0. The molecular formula is C13H15BrN2O2. The van der Waals surface area contributed by atoms with E-state index in [0.717, 1.165) is 24.5 Å². The van der Waals surface area contributed by atoms with Gasteiger partial charge in [0.25, 0.3) is 0 Å². The molecule has 1 aromatic carbocycles. The fourth-order valence-corrected chi connectivity index (χ4v) is 1.98. The maximum Gasteiger partial charge on any atom is 0.338 e. The van der Waals surface area contributed by atoms with E-state index in [1.54, 1.807) is 12.1 Å². The van der Waals surface area contributed by atoms with E-state index in [2.05, 4.69) is 25.8 Å². The average molecular weight is 311 g/mol. The highest BCUT2D eigenvalue weighted by atomic mass is 79.9. The van der Waals surface area contributed by atoms with E-state index in [1.807, 2.05) is 19.2 Å². The van der Waals surface area contributed by atoms with E-state index in [1.165, 1.54) is 0 Å². The number of amidine groups is 1. The number of ether oxygens (including phenoxy) is 1. The number of esters is 1. The standard InChI is InChI=1S/C13H15BrN2O2/c1-16-8-7-15-12(16)10-2-4-11(5-3-10)13(17)18-9-6-14/h2-5H,6-9H2,1H3. The Morgan fingerprint density at radius 3 is 2.72 bits per heavy atom. The quantitative estimate of drug-likeness (QED) is 0.630. The van der Waals surface area contributed by atoms with Crippen molar-refractivity contribution in [3.05, 3.63) is 35.4 Å². The van der Waals surface area contributed by atoms with Crippen molar-refractivity contribution in [2.24, 2.45) is 4.99 Å². The molecule has 5 heteroatoms. The number of halogens is 1. The van der Waals surface area contributed by atoms with Gasteiger partial charge in [0, 0.05) is 24.5 Å². The lowest BCUT2D eigenvalue weighted by Crippen LogP contribution is -2.23. The molecule has 96 valence electrons. The van der Waals surface area contributed by atoms with E-state index in [4.69, 9.17) is 4.74 Å².